The van der Waals surface area contributed by atoms with E-state index in [-0.39, 0.29) is 70.0 Å². The van der Waals surface area contributed by atoms with Gasteiger partial charge in [-0.15, -0.1) is 0 Å². The molecule has 4 bridgehead atoms. The number of fused-ring (bicyclic) bond motifs is 4. The zero-order valence-electron chi connectivity index (χ0n) is 40.7. The third kappa shape index (κ3) is 16.5. The highest BCUT2D eigenvalue weighted by Crippen LogP contribution is 2.43. The van der Waals surface area contributed by atoms with E-state index in [1.165, 1.54) is 9.80 Å². The first kappa shape index (κ1) is 62.5. The van der Waals surface area contributed by atoms with Gasteiger partial charge in [-0.25, -0.2) is 35.9 Å². The SMILES string of the molecule is C.CC(C)(C)OC(=O)N1CC2CCCCC(C1)C2C(=O)NS(=O)(=O)c1cc(C(F)(F)F)cc(C(F)(F)F)c1.CC(C)(C)OC(=O)N1CC2CCCCC(C1)C2C(=O)NS(=O)(=O)c1cc(C(F)(F)F)cc(C(F)(F)F)c1. The Morgan fingerprint density at radius 1 is 0.453 bits per heavy atom. The molecule has 0 radical (unpaired) electrons. The van der Waals surface area contributed by atoms with Crippen LogP contribution in [0.25, 0.3) is 0 Å². The Bertz CT molecular complexity index is 2370. The highest BCUT2D eigenvalue weighted by Gasteiger charge is 2.48. The van der Waals surface area contributed by atoms with Crippen LogP contribution >= 0.6 is 0 Å². The van der Waals surface area contributed by atoms with Gasteiger partial charge < -0.3 is 19.3 Å². The molecule has 0 spiro atoms. The summed E-state index contributed by atoms with van der Waals surface area (Å²) in [6.45, 7) is 10.6. The van der Waals surface area contributed by atoms with E-state index in [0.717, 1.165) is 0 Å². The molecule has 2 N–H and O–H groups in total. The van der Waals surface area contributed by atoms with Crippen LogP contribution in [0.5, 0.6) is 0 Å². The zero-order valence-corrected chi connectivity index (χ0v) is 42.4. The molecule has 4 unspecified atom stereocenters. The molecule has 2 aliphatic heterocycles. The van der Waals surface area contributed by atoms with E-state index in [0.29, 0.717) is 51.4 Å². The normalized spacial score (nSPS) is 23.0. The largest absolute Gasteiger partial charge is 0.444 e. The van der Waals surface area contributed by atoms with Crippen molar-refractivity contribution in [3.05, 3.63) is 58.7 Å². The van der Waals surface area contributed by atoms with Crippen molar-refractivity contribution >= 4 is 44.0 Å². The topological polar surface area (TPSA) is 186 Å². The van der Waals surface area contributed by atoms with Crippen LogP contribution in [0.1, 0.15) is 123 Å². The first-order chi connectivity index (χ1) is 33.6. The average molecular weight is 1130 g/mol. The Balaban J connectivity index is 0.000000320. The molecule has 2 heterocycles. The third-order valence-electron chi connectivity index (χ3n) is 12.8. The lowest BCUT2D eigenvalue weighted by Crippen LogP contribution is -2.54. The molecular formula is C47H60F12N4O10S2. The second-order valence-electron chi connectivity index (χ2n) is 20.9. The number of nitrogens with zero attached hydrogens (tertiary/aromatic N) is 2. The third-order valence-corrected chi connectivity index (χ3v) is 15.4. The van der Waals surface area contributed by atoms with Gasteiger partial charge in [-0.2, -0.15) is 52.7 Å². The number of hydrogen-bond donors (Lipinski definition) is 2. The minimum atomic E-state index is -5.25. The number of hydrogen-bond acceptors (Lipinski definition) is 10. The quantitative estimate of drug-likeness (QED) is 0.264. The summed E-state index contributed by atoms with van der Waals surface area (Å²) in [4.78, 5) is 51.8. The van der Waals surface area contributed by atoms with Crippen LogP contribution in [0.2, 0.25) is 0 Å². The van der Waals surface area contributed by atoms with Crippen LogP contribution in [0, 0.1) is 35.5 Å². The number of benzene rings is 2. The highest BCUT2D eigenvalue weighted by atomic mass is 32.2. The lowest BCUT2D eigenvalue weighted by atomic mass is 9.76. The molecule has 2 saturated heterocycles. The van der Waals surface area contributed by atoms with Crippen molar-refractivity contribution in [3.63, 3.8) is 0 Å². The molecule has 4 aliphatic rings. The number of halogens is 12. The molecule has 75 heavy (non-hydrogen) atoms. The predicted octanol–water partition coefficient (Wildman–Crippen LogP) is 11.0. The van der Waals surface area contributed by atoms with Gasteiger partial charge in [0, 0.05) is 38.0 Å². The van der Waals surface area contributed by atoms with E-state index in [2.05, 4.69) is 0 Å². The van der Waals surface area contributed by atoms with Crippen molar-refractivity contribution in [2.24, 2.45) is 35.5 Å². The highest BCUT2D eigenvalue weighted by molar-refractivity contribution is 7.90. The van der Waals surface area contributed by atoms with Crippen LogP contribution in [0.3, 0.4) is 0 Å². The standard InChI is InChI=1S/2C23H28F6N2O5S.CH4/c2*1-21(2,3)36-20(33)31-11-13-6-4-5-7-14(12-31)18(13)19(32)30-37(34,35)17-9-15(22(24,25)26)8-16(10-17)23(27,28)29;/h2*8-10,13-14,18H,4-7,11-12H2,1-3H3,(H,30,32);1H4. The number of carbonyl (C=O) groups excluding carboxylic acids is 4. The number of ether oxygens (including phenoxy) is 2. The summed E-state index contributed by atoms with van der Waals surface area (Å²) in [7, 11) is -10.2. The van der Waals surface area contributed by atoms with Gasteiger partial charge in [0.2, 0.25) is 11.8 Å². The van der Waals surface area contributed by atoms with Crippen molar-refractivity contribution in [1.82, 2.24) is 19.2 Å². The zero-order chi connectivity index (χ0) is 55.9. The van der Waals surface area contributed by atoms with Gasteiger partial charge in [-0.05, 0) is 127 Å². The maximum atomic E-state index is 13.2. The Labute approximate surface area is 426 Å². The molecule has 14 nitrogen and oxygen atoms in total. The average Bonchev–Trinajstić information content (AvgIpc) is 3.45. The van der Waals surface area contributed by atoms with Gasteiger partial charge in [0.1, 0.15) is 11.2 Å². The molecule has 2 saturated carbocycles. The van der Waals surface area contributed by atoms with E-state index in [4.69, 9.17) is 9.47 Å². The predicted molar refractivity (Wildman–Crippen MR) is 244 cm³/mol. The molecule has 2 aliphatic carbocycles. The molecular weight excluding hydrogens is 1070 g/mol. The maximum absolute atomic E-state index is 13.2. The molecule has 2 aromatic rings. The van der Waals surface area contributed by atoms with Crippen molar-refractivity contribution in [3.8, 4) is 0 Å². The number of amides is 4. The summed E-state index contributed by atoms with van der Waals surface area (Å²) in [6, 6.07) is -0.151. The number of sulfonamides is 2. The fourth-order valence-electron chi connectivity index (χ4n) is 9.70. The summed E-state index contributed by atoms with van der Waals surface area (Å²) in [6.07, 6.45) is -17.4. The van der Waals surface area contributed by atoms with Gasteiger partial charge >= 0.3 is 36.9 Å². The van der Waals surface area contributed by atoms with Gasteiger partial charge in [0.05, 0.1) is 32.0 Å². The molecule has 0 aromatic heterocycles. The monoisotopic (exact) mass is 1130 g/mol. The summed E-state index contributed by atoms with van der Waals surface area (Å²) in [5.74, 6) is -5.69. The Morgan fingerprint density at radius 3 is 0.880 bits per heavy atom. The lowest BCUT2D eigenvalue weighted by molar-refractivity contribution is -0.145. The van der Waals surface area contributed by atoms with Crippen molar-refractivity contribution < 1.29 is 98.2 Å². The number of alkyl halides is 12. The number of carbonyl (C=O) groups is 4. The van der Waals surface area contributed by atoms with Crippen LogP contribution in [-0.2, 0) is 63.8 Å². The molecule has 4 atom stereocenters. The second kappa shape index (κ2) is 22.5. The van der Waals surface area contributed by atoms with Crippen molar-refractivity contribution in [1.29, 1.82) is 0 Å². The molecule has 2 aromatic carbocycles. The number of piperidine rings is 2. The second-order valence-corrected chi connectivity index (χ2v) is 24.2. The minimum Gasteiger partial charge on any atom is -0.444 e. The maximum Gasteiger partial charge on any atom is 0.416 e. The molecule has 424 valence electrons. The number of nitrogens with one attached hydrogen (secondary N) is 2. The number of rotatable bonds is 6. The van der Waals surface area contributed by atoms with Crippen LogP contribution < -0.4 is 9.44 Å². The van der Waals surface area contributed by atoms with Crippen molar-refractivity contribution in [2.75, 3.05) is 26.2 Å². The van der Waals surface area contributed by atoms with Crippen LogP contribution in [-0.4, -0.2) is 88.0 Å². The fourth-order valence-corrected chi connectivity index (χ4v) is 11.9. The summed E-state index contributed by atoms with van der Waals surface area (Å²) >= 11 is 0. The van der Waals surface area contributed by atoms with Gasteiger partial charge in [-0.1, -0.05) is 33.1 Å². The minimum absolute atomic E-state index is 0. The number of likely N-dealkylation sites (tertiary alicyclic amines) is 2. The summed E-state index contributed by atoms with van der Waals surface area (Å²) in [5, 5.41) is 0. The fraction of sp³-hybridized carbons (Fsp3) is 0.660. The van der Waals surface area contributed by atoms with Crippen molar-refractivity contribution in [2.45, 2.75) is 146 Å². The Hall–Kier alpha value is -5.02. The van der Waals surface area contributed by atoms with E-state index < -0.39 is 148 Å². The Morgan fingerprint density at radius 2 is 0.680 bits per heavy atom. The molecule has 4 amide bonds. The smallest absolute Gasteiger partial charge is 0.416 e. The van der Waals surface area contributed by atoms with Crippen LogP contribution in [0.4, 0.5) is 62.3 Å². The summed E-state index contributed by atoms with van der Waals surface area (Å²) < 4.78 is 224. The first-order valence-electron chi connectivity index (χ1n) is 23.2. The van der Waals surface area contributed by atoms with Gasteiger partial charge in [0.15, 0.2) is 0 Å². The Kier molecular flexibility index (Phi) is 18.8. The van der Waals surface area contributed by atoms with Gasteiger partial charge in [-0.3, -0.25) is 9.59 Å². The van der Waals surface area contributed by atoms with E-state index in [1.54, 1.807) is 51.0 Å². The van der Waals surface area contributed by atoms with E-state index >= 15 is 0 Å². The summed E-state index contributed by atoms with van der Waals surface area (Å²) in [5.41, 5.74) is -8.76. The molecule has 4 fully saturated rings. The molecule has 6 rings (SSSR count). The van der Waals surface area contributed by atoms with Gasteiger partial charge in [0.25, 0.3) is 20.0 Å². The van der Waals surface area contributed by atoms with E-state index in [9.17, 15) is 88.7 Å². The molecule has 28 heteroatoms. The van der Waals surface area contributed by atoms with Crippen LogP contribution in [0.15, 0.2) is 46.2 Å². The van der Waals surface area contributed by atoms with E-state index in [1.807, 2.05) is 0 Å². The first-order valence-corrected chi connectivity index (χ1v) is 26.2. The lowest BCUT2D eigenvalue weighted by Gasteiger charge is -2.42.